The molecule has 0 spiro atoms. The molecule has 3 saturated carbocycles. The van der Waals surface area contributed by atoms with Gasteiger partial charge in [0.25, 0.3) is 0 Å². The predicted molar refractivity (Wildman–Crippen MR) is 172 cm³/mol. The molecule has 4 nitrogen and oxygen atoms in total. The van der Waals surface area contributed by atoms with E-state index in [9.17, 15) is 4.79 Å². The maximum atomic E-state index is 12.8. The Morgan fingerprint density at radius 2 is 1.76 bits per heavy atom. The molecule has 4 heteroatoms. The smallest absolute Gasteiger partial charge is 0.331 e. The second-order valence-corrected chi connectivity index (χ2v) is 15.0. The predicted octanol–water partition coefficient (Wildman–Crippen LogP) is 9.67. The molecule has 0 aliphatic heterocycles. The van der Waals surface area contributed by atoms with E-state index < -0.39 is 0 Å². The number of carbonyl (C=O) groups excluding carboxylic acids is 1. The summed E-state index contributed by atoms with van der Waals surface area (Å²) in [6.07, 6.45) is 19.9. The van der Waals surface area contributed by atoms with Gasteiger partial charge in [0.05, 0.1) is 14.2 Å². The number of methoxy groups -OCH3 is 2. The van der Waals surface area contributed by atoms with Crippen LogP contribution >= 0.6 is 0 Å². The van der Waals surface area contributed by atoms with E-state index in [4.69, 9.17) is 14.2 Å². The van der Waals surface area contributed by atoms with Gasteiger partial charge in [0.1, 0.15) is 6.10 Å². The van der Waals surface area contributed by atoms with E-state index in [2.05, 4.69) is 40.7 Å². The molecule has 8 atom stereocenters. The van der Waals surface area contributed by atoms with Crippen LogP contribution in [-0.2, 0) is 9.53 Å². The lowest BCUT2D eigenvalue weighted by Crippen LogP contribution is -2.51. The minimum absolute atomic E-state index is 0.0279. The molecule has 5 rings (SSSR count). The van der Waals surface area contributed by atoms with Gasteiger partial charge in [-0.15, -0.1) is 0 Å². The van der Waals surface area contributed by atoms with Gasteiger partial charge >= 0.3 is 5.97 Å². The van der Waals surface area contributed by atoms with Gasteiger partial charge < -0.3 is 14.2 Å². The lowest BCUT2D eigenvalue weighted by molar-refractivity contribution is -0.145. The van der Waals surface area contributed by atoms with E-state index in [1.54, 1.807) is 31.9 Å². The van der Waals surface area contributed by atoms with Crippen LogP contribution < -0.4 is 9.47 Å². The van der Waals surface area contributed by atoms with E-state index in [-0.39, 0.29) is 17.5 Å². The molecular weight excluding hydrogens is 520 g/mol. The molecule has 0 heterocycles. The highest BCUT2D eigenvalue weighted by molar-refractivity contribution is 5.87. The highest BCUT2D eigenvalue weighted by Gasteiger charge is 2.59. The topological polar surface area (TPSA) is 44.8 Å². The first-order valence-electron chi connectivity index (χ1n) is 16.9. The van der Waals surface area contributed by atoms with Gasteiger partial charge in [-0.25, -0.2) is 4.79 Å². The van der Waals surface area contributed by atoms with E-state index >= 15 is 0 Å². The van der Waals surface area contributed by atoms with Crippen molar-refractivity contribution in [3.8, 4) is 11.5 Å². The Balaban J connectivity index is 1.20. The SMILES string of the molecule is COc1ccc(/C=C/C(=O)O[C@H]2CC[C@@]3(C)C(=CC[C@H]4[C@H]5CC[C@H]([C@H](C)CCCC(C)C)[C@@]5(C)CC[C@H]43)C2)cc1OC. The Morgan fingerprint density at radius 1 is 0.976 bits per heavy atom. The molecule has 0 saturated heterocycles. The third-order valence-electron chi connectivity index (χ3n) is 12.4. The summed E-state index contributed by atoms with van der Waals surface area (Å²) in [5, 5.41) is 0. The number of carbonyl (C=O) groups is 1. The molecule has 0 radical (unpaired) electrons. The number of allylic oxidation sites excluding steroid dienone is 1. The number of ether oxygens (including phenoxy) is 3. The van der Waals surface area contributed by atoms with Gasteiger partial charge in [0.2, 0.25) is 0 Å². The zero-order chi connectivity index (χ0) is 30.1. The molecule has 4 aliphatic carbocycles. The first-order chi connectivity index (χ1) is 20.1. The summed E-state index contributed by atoms with van der Waals surface area (Å²) < 4.78 is 16.7. The normalized spacial score (nSPS) is 34.8. The van der Waals surface area contributed by atoms with Crippen LogP contribution in [-0.4, -0.2) is 26.3 Å². The number of hydrogen-bond acceptors (Lipinski definition) is 4. The van der Waals surface area contributed by atoms with Crippen molar-refractivity contribution < 1.29 is 19.0 Å². The highest BCUT2D eigenvalue weighted by atomic mass is 16.5. The minimum Gasteiger partial charge on any atom is -0.493 e. The Labute approximate surface area is 255 Å². The molecule has 1 aromatic rings. The average Bonchev–Trinajstić information content (AvgIpc) is 3.33. The van der Waals surface area contributed by atoms with E-state index in [0.29, 0.717) is 16.9 Å². The zero-order valence-electron chi connectivity index (χ0n) is 27.4. The summed E-state index contributed by atoms with van der Waals surface area (Å²) in [4.78, 5) is 12.8. The third-order valence-corrected chi connectivity index (χ3v) is 12.4. The quantitative estimate of drug-likeness (QED) is 0.158. The van der Waals surface area contributed by atoms with Crippen LogP contribution in [0.3, 0.4) is 0 Å². The van der Waals surface area contributed by atoms with Crippen LogP contribution in [0.4, 0.5) is 0 Å². The van der Waals surface area contributed by atoms with Crippen LogP contribution in [0.2, 0.25) is 0 Å². The Bertz CT molecular complexity index is 1170. The van der Waals surface area contributed by atoms with Gasteiger partial charge in [0, 0.05) is 12.5 Å². The lowest BCUT2D eigenvalue weighted by atomic mass is 9.47. The molecule has 1 aromatic carbocycles. The van der Waals surface area contributed by atoms with Crippen molar-refractivity contribution in [2.75, 3.05) is 14.2 Å². The zero-order valence-corrected chi connectivity index (χ0v) is 27.4. The summed E-state index contributed by atoms with van der Waals surface area (Å²) in [6, 6.07) is 5.63. The van der Waals surface area contributed by atoms with E-state index in [1.165, 1.54) is 51.4 Å². The first-order valence-corrected chi connectivity index (χ1v) is 16.9. The minimum atomic E-state index is -0.263. The van der Waals surface area contributed by atoms with Crippen LogP contribution in [0.15, 0.2) is 35.9 Å². The van der Waals surface area contributed by atoms with Gasteiger partial charge in [-0.05, 0) is 115 Å². The fourth-order valence-electron chi connectivity index (χ4n) is 10.1. The van der Waals surface area contributed by atoms with Crippen LogP contribution in [0, 0.1) is 46.3 Å². The first kappa shape index (κ1) is 31.2. The summed E-state index contributed by atoms with van der Waals surface area (Å²) >= 11 is 0. The molecular formula is C38H56O4. The van der Waals surface area contributed by atoms with Crippen molar-refractivity contribution in [3.63, 3.8) is 0 Å². The maximum absolute atomic E-state index is 12.8. The summed E-state index contributed by atoms with van der Waals surface area (Å²) in [7, 11) is 3.24. The number of fused-ring (bicyclic) bond motifs is 5. The molecule has 3 fully saturated rings. The van der Waals surface area contributed by atoms with Crippen molar-refractivity contribution in [2.24, 2.45) is 46.3 Å². The van der Waals surface area contributed by atoms with E-state index in [0.717, 1.165) is 60.3 Å². The molecule has 0 unspecified atom stereocenters. The van der Waals surface area contributed by atoms with E-state index in [1.807, 2.05) is 18.2 Å². The second kappa shape index (κ2) is 12.8. The highest BCUT2D eigenvalue weighted by Crippen LogP contribution is 2.67. The van der Waals surface area contributed by atoms with Gasteiger partial charge in [-0.3, -0.25) is 0 Å². The standard InChI is InChI=1S/C38H56O4/c1-25(2)9-8-10-26(3)31-15-16-32-30-14-13-28-24-29(19-21-37(28,4)33(30)20-22-38(31,32)5)42-36(39)18-12-27-11-17-34(40-6)35(23-27)41-7/h11-13,17-18,23,25-26,29-33H,8-10,14-16,19-22,24H2,1-7H3/b18-12+/t26-,29+,30+,31-,32-,33-,37+,38-/m1/s1. The fourth-order valence-corrected chi connectivity index (χ4v) is 10.1. The third kappa shape index (κ3) is 6.06. The summed E-state index contributed by atoms with van der Waals surface area (Å²) in [6.45, 7) is 12.5. The van der Waals surface area contributed by atoms with Crippen molar-refractivity contribution in [1.29, 1.82) is 0 Å². The molecule has 0 aromatic heterocycles. The number of benzene rings is 1. The molecule has 0 bridgehead atoms. The van der Waals surface area contributed by atoms with Gasteiger partial charge in [-0.2, -0.15) is 0 Å². The maximum Gasteiger partial charge on any atom is 0.331 e. The Morgan fingerprint density at radius 3 is 2.50 bits per heavy atom. The van der Waals surface area contributed by atoms with Crippen molar-refractivity contribution in [1.82, 2.24) is 0 Å². The number of rotatable bonds is 10. The molecule has 4 aliphatic rings. The summed E-state index contributed by atoms with van der Waals surface area (Å²) in [5.74, 6) is 6.12. The van der Waals surface area contributed by atoms with Gasteiger partial charge in [-0.1, -0.05) is 71.6 Å². The molecule has 0 amide bonds. The molecule has 0 N–H and O–H groups in total. The van der Waals surface area contributed by atoms with Crippen molar-refractivity contribution in [3.05, 3.63) is 41.5 Å². The Kier molecular flexibility index (Phi) is 9.50. The average molecular weight is 577 g/mol. The van der Waals surface area contributed by atoms with Crippen LogP contribution in [0.25, 0.3) is 6.08 Å². The van der Waals surface area contributed by atoms with Gasteiger partial charge in [0.15, 0.2) is 11.5 Å². The summed E-state index contributed by atoms with van der Waals surface area (Å²) in [5.41, 5.74) is 3.23. The lowest BCUT2D eigenvalue weighted by Gasteiger charge is -2.58. The monoisotopic (exact) mass is 576 g/mol. The largest absolute Gasteiger partial charge is 0.493 e. The number of esters is 1. The Hall–Kier alpha value is -2.23. The second-order valence-electron chi connectivity index (χ2n) is 15.0. The molecule has 232 valence electrons. The van der Waals surface area contributed by atoms with Crippen LogP contribution in [0.1, 0.15) is 111 Å². The van der Waals surface area contributed by atoms with Crippen molar-refractivity contribution >= 4 is 12.0 Å². The number of hydrogen-bond donors (Lipinski definition) is 0. The van der Waals surface area contributed by atoms with Crippen LogP contribution in [0.5, 0.6) is 11.5 Å². The molecule has 42 heavy (non-hydrogen) atoms. The fraction of sp³-hybridized carbons (Fsp3) is 0.711. The van der Waals surface area contributed by atoms with Crippen molar-refractivity contribution in [2.45, 2.75) is 111 Å².